The van der Waals surface area contributed by atoms with Crippen LogP contribution in [-0.2, 0) is 6.18 Å². The van der Waals surface area contributed by atoms with Crippen molar-refractivity contribution in [1.82, 2.24) is 19.9 Å². The first-order chi connectivity index (χ1) is 15.8. The number of halogens is 3. The first kappa shape index (κ1) is 22.3. The highest BCUT2D eigenvalue weighted by atomic mass is 19.4. The molecule has 3 heterocycles. The molecule has 170 valence electrons. The van der Waals surface area contributed by atoms with E-state index in [9.17, 15) is 18.0 Å². The molecular formula is C23H20F3N5O2. The number of hydrogen-bond donors (Lipinski definition) is 1. The first-order valence-corrected chi connectivity index (χ1v) is 10.2. The second kappa shape index (κ2) is 8.89. The van der Waals surface area contributed by atoms with Gasteiger partial charge < -0.3 is 9.84 Å². The number of benzene rings is 1. The average Bonchev–Trinajstić information content (AvgIpc) is 3.45. The Labute approximate surface area is 187 Å². The summed E-state index contributed by atoms with van der Waals surface area (Å²) in [6, 6.07) is 10.3. The zero-order valence-corrected chi connectivity index (χ0v) is 17.8. The molecule has 0 aliphatic carbocycles. The molecule has 4 aromatic rings. The molecule has 1 N–H and O–H groups in total. The number of nitrogens with zero attached hydrogens (tertiary/aromatic N) is 4. The van der Waals surface area contributed by atoms with Crippen LogP contribution >= 0.6 is 0 Å². The number of nitrogens with one attached hydrogen (secondary N) is 1. The van der Waals surface area contributed by atoms with Crippen LogP contribution in [0.4, 0.5) is 18.9 Å². The van der Waals surface area contributed by atoms with Crippen molar-refractivity contribution in [2.24, 2.45) is 0 Å². The van der Waals surface area contributed by atoms with Gasteiger partial charge >= 0.3 is 6.18 Å². The number of rotatable bonds is 6. The second-order valence-electron chi connectivity index (χ2n) is 7.47. The molecule has 0 bridgehead atoms. The third-order valence-electron chi connectivity index (χ3n) is 5.10. The normalized spacial score (nSPS) is 12.5. The summed E-state index contributed by atoms with van der Waals surface area (Å²) in [4.78, 5) is 16.7. The number of anilines is 1. The third-order valence-corrected chi connectivity index (χ3v) is 5.10. The Morgan fingerprint density at radius 1 is 1.21 bits per heavy atom. The van der Waals surface area contributed by atoms with Crippen molar-refractivity contribution < 1.29 is 22.5 Å². The minimum absolute atomic E-state index is 0.0355. The standard InChI is InChI=1S/C23H20F3N5O2/c1-3-20(16-8-7-14(2)10-17(16)23(24,25)26)31-13-15(12-28-31)29-22(32)19-11-21(33-30-19)18-6-4-5-9-27-18/h4-13,20H,3H2,1-2H3,(H,29,32). The van der Waals surface area contributed by atoms with Gasteiger partial charge in [-0.15, -0.1) is 0 Å². The monoisotopic (exact) mass is 455 g/mol. The summed E-state index contributed by atoms with van der Waals surface area (Å²) in [6.07, 6.45) is 0.344. The van der Waals surface area contributed by atoms with Crippen LogP contribution in [0.2, 0.25) is 0 Å². The highest BCUT2D eigenvalue weighted by Crippen LogP contribution is 2.37. The molecule has 1 atom stereocenters. The van der Waals surface area contributed by atoms with Gasteiger partial charge in [0.2, 0.25) is 0 Å². The number of hydrogen-bond acceptors (Lipinski definition) is 5. The van der Waals surface area contributed by atoms with E-state index in [1.807, 2.05) is 0 Å². The van der Waals surface area contributed by atoms with Crippen LogP contribution in [0.15, 0.2) is 65.6 Å². The van der Waals surface area contributed by atoms with E-state index in [0.29, 0.717) is 29.1 Å². The topological polar surface area (TPSA) is 85.8 Å². The SMILES string of the molecule is CCC(c1ccc(C)cc1C(F)(F)F)n1cc(NC(=O)c2cc(-c3ccccn3)on2)cn1. The van der Waals surface area contributed by atoms with E-state index in [0.717, 1.165) is 6.07 Å². The Morgan fingerprint density at radius 3 is 2.73 bits per heavy atom. The fourth-order valence-electron chi connectivity index (χ4n) is 3.54. The van der Waals surface area contributed by atoms with E-state index >= 15 is 0 Å². The fourth-order valence-corrected chi connectivity index (χ4v) is 3.54. The zero-order chi connectivity index (χ0) is 23.6. The molecule has 33 heavy (non-hydrogen) atoms. The lowest BCUT2D eigenvalue weighted by molar-refractivity contribution is -0.138. The van der Waals surface area contributed by atoms with E-state index in [4.69, 9.17) is 4.52 Å². The Bertz CT molecular complexity index is 1260. The number of alkyl halides is 3. The van der Waals surface area contributed by atoms with Gasteiger partial charge in [-0.1, -0.05) is 35.8 Å². The third kappa shape index (κ3) is 4.79. The number of pyridine rings is 1. The molecule has 0 fully saturated rings. The maximum atomic E-state index is 13.6. The lowest BCUT2D eigenvalue weighted by Gasteiger charge is -2.21. The molecule has 0 saturated carbocycles. The molecule has 3 aromatic heterocycles. The minimum atomic E-state index is -4.49. The number of carbonyl (C=O) groups is 1. The van der Waals surface area contributed by atoms with Crippen molar-refractivity contribution in [1.29, 1.82) is 0 Å². The highest BCUT2D eigenvalue weighted by molar-refractivity contribution is 6.03. The summed E-state index contributed by atoms with van der Waals surface area (Å²) in [5.41, 5.74) is 0.830. The van der Waals surface area contributed by atoms with Crippen LogP contribution in [0.3, 0.4) is 0 Å². The summed E-state index contributed by atoms with van der Waals surface area (Å²) in [6.45, 7) is 3.39. The summed E-state index contributed by atoms with van der Waals surface area (Å²) in [5.74, 6) is -0.207. The van der Waals surface area contributed by atoms with Gasteiger partial charge in [-0.3, -0.25) is 14.5 Å². The summed E-state index contributed by atoms with van der Waals surface area (Å²) >= 11 is 0. The van der Waals surface area contributed by atoms with Crippen molar-refractivity contribution >= 4 is 11.6 Å². The van der Waals surface area contributed by atoms with Crippen molar-refractivity contribution in [3.8, 4) is 11.5 Å². The van der Waals surface area contributed by atoms with E-state index in [1.165, 1.54) is 29.2 Å². The number of carbonyl (C=O) groups excluding carboxylic acids is 1. The van der Waals surface area contributed by atoms with Crippen molar-refractivity contribution in [3.63, 3.8) is 0 Å². The van der Waals surface area contributed by atoms with Crippen LogP contribution in [0.1, 0.15) is 46.6 Å². The molecule has 7 nitrogen and oxygen atoms in total. The van der Waals surface area contributed by atoms with Crippen LogP contribution in [0.25, 0.3) is 11.5 Å². The number of aromatic nitrogens is 4. The van der Waals surface area contributed by atoms with Gasteiger partial charge in [0.1, 0.15) is 5.69 Å². The van der Waals surface area contributed by atoms with Gasteiger partial charge in [-0.05, 0) is 37.1 Å². The van der Waals surface area contributed by atoms with Crippen molar-refractivity contribution in [2.75, 3.05) is 5.32 Å². The Kier molecular flexibility index (Phi) is 5.99. The molecule has 1 aromatic carbocycles. The predicted octanol–water partition coefficient (Wildman–Crippen LogP) is 5.51. The zero-order valence-electron chi connectivity index (χ0n) is 17.8. The van der Waals surface area contributed by atoms with E-state index in [-0.39, 0.29) is 11.3 Å². The number of aryl methyl sites for hydroxylation is 1. The van der Waals surface area contributed by atoms with E-state index in [1.54, 1.807) is 44.3 Å². The number of amides is 1. The average molecular weight is 455 g/mol. The summed E-state index contributed by atoms with van der Waals surface area (Å²) < 4.78 is 47.5. The van der Waals surface area contributed by atoms with Gasteiger partial charge in [0.05, 0.1) is 23.5 Å². The van der Waals surface area contributed by atoms with Crippen LogP contribution < -0.4 is 5.32 Å². The van der Waals surface area contributed by atoms with Crippen molar-refractivity contribution in [2.45, 2.75) is 32.5 Å². The molecule has 0 radical (unpaired) electrons. The molecule has 0 spiro atoms. The molecule has 10 heteroatoms. The summed E-state index contributed by atoms with van der Waals surface area (Å²) in [7, 11) is 0. The Morgan fingerprint density at radius 2 is 2.03 bits per heavy atom. The lowest BCUT2D eigenvalue weighted by atomic mass is 9.96. The highest BCUT2D eigenvalue weighted by Gasteiger charge is 2.35. The van der Waals surface area contributed by atoms with Crippen LogP contribution in [-0.4, -0.2) is 25.8 Å². The van der Waals surface area contributed by atoms with Gasteiger partial charge in [-0.25, -0.2) is 0 Å². The quantitative estimate of drug-likeness (QED) is 0.414. The first-order valence-electron chi connectivity index (χ1n) is 10.2. The van der Waals surface area contributed by atoms with Gasteiger partial charge in [0.25, 0.3) is 5.91 Å². The Hall–Kier alpha value is -3.95. The largest absolute Gasteiger partial charge is 0.416 e. The summed E-state index contributed by atoms with van der Waals surface area (Å²) in [5, 5.41) is 10.6. The van der Waals surface area contributed by atoms with Crippen LogP contribution in [0.5, 0.6) is 0 Å². The molecule has 0 aliphatic heterocycles. The second-order valence-corrected chi connectivity index (χ2v) is 7.47. The maximum absolute atomic E-state index is 13.6. The molecular weight excluding hydrogens is 435 g/mol. The van der Waals surface area contributed by atoms with Gasteiger partial charge in [0.15, 0.2) is 11.5 Å². The lowest BCUT2D eigenvalue weighted by Crippen LogP contribution is -2.17. The predicted molar refractivity (Wildman–Crippen MR) is 115 cm³/mol. The van der Waals surface area contributed by atoms with E-state index in [2.05, 4.69) is 20.6 Å². The van der Waals surface area contributed by atoms with Gasteiger partial charge in [-0.2, -0.15) is 18.3 Å². The maximum Gasteiger partial charge on any atom is 0.416 e. The molecule has 0 saturated heterocycles. The minimum Gasteiger partial charge on any atom is -0.354 e. The van der Waals surface area contributed by atoms with Crippen molar-refractivity contribution in [3.05, 3.63) is 83.4 Å². The molecule has 1 unspecified atom stereocenters. The fraction of sp³-hybridized carbons (Fsp3) is 0.217. The smallest absolute Gasteiger partial charge is 0.354 e. The molecule has 1 amide bonds. The van der Waals surface area contributed by atoms with Crippen LogP contribution in [0, 0.1) is 6.92 Å². The van der Waals surface area contributed by atoms with E-state index < -0.39 is 23.7 Å². The molecule has 4 rings (SSSR count). The Balaban J connectivity index is 1.54. The van der Waals surface area contributed by atoms with Gasteiger partial charge in [0, 0.05) is 18.5 Å². The molecule has 0 aliphatic rings.